The zero-order chi connectivity index (χ0) is 16.4. The fourth-order valence-corrected chi connectivity index (χ4v) is 4.14. The smallest absolute Gasteiger partial charge is 0.135 e. The van der Waals surface area contributed by atoms with Crippen molar-refractivity contribution in [2.24, 2.45) is 5.41 Å². The SMILES string of the molecule is Cc1cc2oc3ccccc3c2cc1N1[C]C(C)(C)CC1(C)C. The molecular formula is C21H23NO. The highest BCUT2D eigenvalue weighted by Gasteiger charge is 2.44. The number of para-hydroxylation sites is 1. The summed E-state index contributed by atoms with van der Waals surface area (Å²) in [7, 11) is 0. The zero-order valence-electron chi connectivity index (χ0n) is 14.5. The molecule has 0 N–H and O–H groups in total. The van der Waals surface area contributed by atoms with Gasteiger partial charge in [-0.3, -0.25) is 0 Å². The number of furan rings is 1. The van der Waals surface area contributed by atoms with E-state index < -0.39 is 0 Å². The van der Waals surface area contributed by atoms with Gasteiger partial charge in [0.25, 0.3) is 0 Å². The molecule has 0 aliphatic carbocycles. The molecule has 0 saturated carbocycles. The van der Waals surface area contributed by atoms with Crippen LogP contribution >= 0.6 is 0 Å². The van der Waals surface area contributed by atoms with Crippen molar-refractivity contribution in [1.82, 2.24) is 0 Å². The Morgan fingerprint density at radius 2 is 1.74 bits per heavy atom. The van der Waals surface area contributed by atoms with Gasteiger partial charge in [0.1, 0.15) is 11.2 Å². The highest BCUT2D eigenvalue weighted by Crippen LogP contribution is 2.48. The minimum Gasteiger partial charge on any atom is -0.456 e. The predicted octanol–water partition coefficient (Wildman–Crippen LogP) is 5.95. The first-order valence-corrected chi connectivity index (χ1v) is 8.27. The quantitative estimate of drug-likeness (QED) is 0.552. The van der Waals surface area contributed by atoms with E-state index in [-0.39, 0.29) is 11.0 Å². The molecule has 1 saturated heterocycles. The number of hydrogen-bond donors (Lipinski definition) is 0. The maximum atomic E-state index is 6.00. The van der Waals surface area contributed by atoms with E-state index in [0.29, 0.717) is 0 Å². The highest BCUT2D eigenvalue weighted by molar-refractivity contribution is 6.06. The lowest BCUT2D eigenvalue weighted by atomic mass is 9.86. The fraction of sp³-hybridized carbons (Fsp3) is 0.381. The van der Waals surface area contributed by atoms with E-state index in [2.05, 4.69) is 70.3 Å². The summed E-state index contributed by atoms with van der Waals surface area (Å²) in [6.07, 6.45) is 1.10. The molecule has 23 heavy (non-hydrogen) atoms. The summed E-state index contributed by atoms with van der Waals surface area (Å²) in [5.41, 5.74) is 4.55. The van der Waals surface area contributed by atoms with Crippen molar-refractivity contribution in [2.45, 2.75) is 46.6 Å². The van der Waals surface area contributed by atoms with Crippen molar-refractivity contribution in [2.75, 3.05) is 4.90 Å². The van der Waals surface area contributed by atoms with Gasteiger partial charge in [0.15, 0.2) is 0 Å². The minimum atomic E-state index is 0.0709. The Hall–Kier alpha value is -1.96. The Kier molecular flexibility index (Phi) is 2.88. The standard InChI is InChI=1S/C21H23NO/c1-14-10-19-16(15-8-6-7-9-18(15)23-19)11-17(14)22-13-20(2,3)12-21(22,4)5/h6-11H,12H2,1-5H3. The summed E-state index contributed by atoms with van der Waals surface area (Å²) in [4.78, 5) is 2.34. The number of benzene rings is 2. The molecular weight excluding hydrogens is 282 g/mol. The molecule has 0 unspecified atom stereocenters. The van der Waals surface area contributed by atoms with Crippen molar-refractivity contribution in [1.29, 1.82) is 0 Å². The van der Waals surface area contributed by atoms with Gasteiger partial charge < -0.3 is 9.32 Å². The van der Waals surface area contributed by atoms with Gasteiger partial charge in [-0.15, -0.1) is 0 Å². The van der Waals surface area contributed by atoms with Gasteiger partial charge >= 0.3 is 0 Å². The van der Waals surface area contributed by atoms with E-state index in [1.807, 2.05) is 12.1 Å². The third kappa shape index (κ3) is 2.23. The second kappa shape index (κ2) is 4.53. The van der Waals surface area contributed by atoms with Crippen molar-refractivity contribution in [3.63, 3.8) is 0 Å². The van der Waals surface area contributed by atoms with Crippen LogP contribution in [0.3, 0.4) is 0 Å². The van der Waals surface area contributed by atoms with Crippen LogP contribution in [0.15, 0.2) is 40.8 Å². The highest BCUT2D eigenvalue weighted by atomic mass is 16.3. The van der Waals surface area contributed by atoms with Gasteiger partial charge in [0, 0.05) is 22.0 Å². The lowest BCUT2D eigenvalue weighted by Crippen LogP contribution is -2.36. The first kappa shape index (κ1) is 14.6. The molecule has 0 bridgehead atoms. The fourth-order valence-electron chi connectivity index (χ4n) is 4.14. The van der Waals surface area contributed by atoms with Crippen LogP contribution in [0, 0.1) is 18.9 Å². The van der Waals surface area contributed by atoms with Gasteiger partial charge in [-0.1, -0.05) is 32.0 Å². The van der Waals surface area contributed by atoms with Crippen molar-refractivity contribution >= 4 is 27.6 Å². The lowest BCUT2D eigenvalue weighted by molar-refractivity contribution is 0.388. The molecule has 4 rings (SSSR count). The molecule has 1 fully saturated rings. The van der Waals surface area contributed by atoms with Crippen LogP contribution in [0.4, 0.5) is 5.69 Å². The molecule has 0 amide bonds. The van der Waals surface area contributed by atoms with Gasteiger partial charge in [-0.05, 0) is 56.4 Å². The summed E-state index contributed by atoms with van der Waals surface area (Å²) >= 11 is 0. The number of nitrogens with zero attached hydrogens (tertiary/aromatic N) is 1. The Morgan fingerprint density at radius 3 is 2.43 bits per heavy atom. The maximum Gasteiger partial charge on any atom is 0.135 e. The third-order valence-corrected chi connectivity index (χ3v) is 4.83. The maximum absolute atomic E-state index is 6.00. The number of hydrogen-bond acceptors (Lipinski definition) is 2. The number of anilines is 1. The molecule has 1 aliphatic heterocycles. The molecule has 1 aromatic heterocycles. The summed E-state index contributed by atoms with van der Waals surface area (Å²) in [6.45, 7) is 15.0. The van der Waals surface area contributed by atoms with E-state index in [1.165, 1.54) is 22.0 Å². The van der Waals surface area contributed by atoms with E-state index in [4.69, 9.17) is 4.42 Å². The molecule has 118 valence electrons. The van der Waals surface area contributed by atoms with Crippen LogP contribution < -0.4 is 4.90 Å². The Bertz CT molecular complexity index is 901. The van der Waals surface area contributed by atoms with Crippen molar-refractivity contribution in [3.8, 4) is 0 Å². The molecule has 2 heteroatoms. The summed E-state index contributed by atoms with van der Waals surface area (Å²) < 4.78 is 6.00. The Morgan fingerprint density at radius 1 is 1.00 bits per heavy atom. The van der Waals surface area contributed by atoms with E-state index in [1.54, 1.807) is 0 Å². The Labute approximate surface area is 138 Å². The average Bonchev–Trinajstić information content (AvgIpc) is 2.90. The third-order valence-electron chi connectivity index (χ3n) is 4.83. The number of fused-ring (bicyclic) bond motifs is 3. The van der Waals surface area contributed by atoms with Gasteiger partial charge in [0.05, 0.1) is 6.54 Å². The van der Waals surface area contributed by atoms with E-state index in [9.17, 15) is 0 Å². The topological polar surface area (TPSA) is 16.4 Å². The lowest BCUT2D eigenvalue weighted by Gasteiger charge is -2.34. The summed E-state index contributed by atoms with van der Waals surface area (Å²) in [5.74, 6) is 0. The molecule has 0 spiro atoms. The molecule has 0 atom stereocenters. The van der Waals surface area contributed by atoms with Crippen LogP contribution in [0.2, 0.25) is 0 Å². The minimum absolute atomic E-state index is 0.0709. The molecule has 1 aliphatic rings. The van der Waals surface area contributed by atoms with E-state index >= 15 is 0 Å². The van der Waals surface area contributed by atoms with Crippen LogP contribution in [0.1, 0.15) is 39.7 Å². The second-order valence-corrected chi connectivity index (χ2v) is 8.05. The molecule has 2 nitrogen and oxygen atoms in total. The van der Waals surface area contributed by atoms with Crippen LogP contribution in [0.25, 0.3) is 21.9 Å². The van der Waals surface area contributed by atoms with Crippen LogP contribution in [0.5, 0.6) is 0 Å². The van der Waals surface area contributed by atoms with Gasteiger partial charge in [-0.25, -0.2) is 0 Å². The Balaban J connectivity index is 1.93. The van der Waals surface area contributed by atoms with E-state index in [0.717, 1.165) is 17.6 Å². The molecule has 2 heterocycles. The summed E-state index contributed by atoms with van der Waals surface area (Å²) in [5, 5.41) is 2.36. The van der Waals surface area contributed by atoms with Gasteiger partial charge in [0.2, 0.25) is 0 Å². The van der Waals surface area contributed by atoms with Crippen LogP contribution in [-0.4, -0.2) is 5.54 Å². The monoisotopic (exact) mass is 305 g/mol. The molecule has 2 aromatic carbocycles. The first-order chi connectivity index (χ1) is 10.8. The zero-order valence-corrected chi connectivity index (χ0v) is 14.5. The van der Waals surface area contributed by atoms with Crippen molar-refractivity contribution in [3.05, 3.63) is 48.5 Å². The first-order valence-electron chi connectivity index (χ1n) is 8.27. The number of rotatable bonds is 1. The largest absolute Gasteiger partial charge is 0.456 e. The van der Waals surface area contributed by atoms with Crippen LogP contribution in [-0.2, 0) is 0 Å². The average molecular weight is 305 g/mol. The molecule has 3 aromatic rings. The number of aryl methyl sites for hydroxylation is 1. The second-order valence-electron chi connectivity index (χ2n) is 8.05. The van der Waals surface area contributed by atoms with Crippen molar-refractivity contribution < 1.29 is 4.42 Å². The molecule has 2 radical (unpaired) electrons. The van der Waals surface area contributed by atoms with Gasteiger partial charge in [-0.2, -0.15) is 0 Å². The summed E-state index contributed by atoms with van der Waals surface area (Å²) in [6, 6.07) is 12.7. The predicted molar refractivity (Wildman–Crippen MR) is 96.7 cm³/mol. The normalized spacial score (nSPS) is 19.8.